The van der Waals surface area contributed by atoms with Crippen LogP contribution in [0.15, 0.2) is 18.2 Å². The van der Waals surface area contributed by atoms with Crippen LogP contribution in [0.4, 0.5) is 11.4 Å². The highest BCUT2D eigenvalue weighted by atomic mass is 16.1. The monoisotopic (exact) mass is 261 g/mol. The molecule has 4 heteroatoms. The number of carbonyl (C=O) groups excluding carboxylic acids is 1. The van der Waals surface area contributed by atoms with Gasteiger partial charge in [0.1, 0.15) is 0 Å². The summed E-state index contributed by atoms with van der Waals surface area (Å²) in [6, 6.07) is 5.59. The summed E-state index contributed by atoms with van der Waals surface area (Å²) >= 11 is 0. The molecule has 0 aliphatic heterocycles. The van der Waals surface area contributed by atoms with Gasteiger partial charge >= 0.3 is 0 Å². The molecule has 0 spiro atoms. The van der Waals surface area contributed by atoms with Crippen LogP contribution in [0.25, 0.3) is 0 Å². The number of hydrogen-bond acceptors (Lipinski definition) is 3. The van der Waals surface area contributed by atoms with Gasteiger partial charge in [0.2, 0.25) is 0 Å². The standard InChI is InChI=1S/C15H23N3O/c1-3-8-18(10-11-4-5-11)14-7-6-12(9-13(14)16)15(19)17-2/h6-7,9,11H,3-5,8,10,16H2,1-2H3,(H,17,19). The number of amides is 1. The second-order valence-electron chi connectivity index (χ2n) is 5.24. The lowest BCUT2D eigenvalue weighted by molar-refractivity contribution is 0.0963. The lowest BCUT2D eigenvalue weighted by Gasteiger charge is -2.26. The summed E-state index contributed by atoms with van der Waals surface area (Å²) in [6.45, 7) is 4.27. The number of carbonyl (C=O) groups is 1. The highest BCUT2D eigenvalue weighted by Crippen LogP contribution is 2.33. The smallest absolute Gasteiger partial charge is 0.251 e. The van der Waals surface area contributed by atoms with Crippen LogP contribution in [-0.4, -0.2) is 26.0 Å². The third kappa shape index (κ3) is 3.40. The van der Waals surface area contributed by atoms with Crippen molar-refractivity contribution < 1.29 is 4.79 Å². The maximum Gasteiger partial charge on any atom is 0.251 e. The molecule has 19 heavy (non-hydrogen) atoms. The van der Waals surface area contributed by atoms with E-state index in [0.29, 0.717) is 11.3 Å². The summed E-state index contributed by atoms with van der Waals surface area (Å²) < 4.78 is 0. The number of nitrogen functional groups attached to an aromatic ring is 1. The molecular weight excluding hydrogens is 238 g/mol. The van der Waals surface area contributed by atoms with Gasteiger partial charge in [-0.25, -0.2) is 0 Å². The average molecular weight is 261 g/mol. The number of nitrogens with one attached hydrogen (secondary N) is 1. The van der Waals surface area contributed by atoms with E-state index in [1.807, 2.05) is 12.1 Å². The van der Waals surface area contributed by atoms with Crippen molar-refractivity contribution in [2.24, 2.45) is 5.92 Å². The van der Waals surface area contributed by atoms with Gasteiger partial charge in [0, 0.05) is 25.7 Å². The maximum absolute atomic E-state index is 11.6. The van der Waals surface area contributed by atoms with Crippen LogP contribution >= 0.6 is 0 Å². The highest BCUT2D eigenvalue weighted by Gasteiger charge is 2.25. The van der Waals surface area contributed by atoms with Gasteiger partial charge in [0.25, 0.3) is 5.91 Å². The van der Waals surface area contributed by atoms with E-state index < -0.39 is 0 Å². The molecule has 1 aromatic rings. The van der Waals surface area contributed by atoms with Crippen molar-refractivity contribution in [2.75, 3.05) is 30.8 Å². The molecule has 0 radical (unpaired) electrons. The molecule has 4 nitrogen and oxygen atoms in total. The molecule has 0 saturated heterocycles. The predicted octanol–water partition coefficient (Wildman–Crippen LogP) is 2.25. The van der Waals surface area contributed by atoms with Gasteiger partial charge in [-0.15, -0.1) is 0 Å². The van der Waals surface area contributed by atoms with Crippen molar-refractivity contribution >= 4 is 17.3 Å². The molecule has 3 N–H and O–H groups in total. The normalized spacial score (nSPS) is 14.2. The van der Waals surface area contributed by atoms with Crippen molar-refractivity contribution in [1.29, 1.82) is 0 Å². The minimum atomic E-state index is -0.0949. The van der Waals surface area contributed by atoms with E-state index in [9.17, 15) is 4.79 Å². The van der Waals surface area contributed by atoms with Crippen LogP contribution in [0.5, 0.6) is 0 Å². The van der Waals surface area contributed by atoms with Crippen LogP contribution in [0.1, 0.15) is 36.5 Å². The summed E-state index contributed by atoms with van der Waals surface area (Å²) in [7, 11) is 1.63. The van der Waals surface area contributed by atoms with Crippen molar-refractivity contribution in [3.8, 4) is 0 Å². The van der Waals surface area contributed by atoms with E-state index in [0.717, 1.165) is 31.1 Å². The lowest BCUT2D eigenvalue weighted by atomic mass is 10.1. The van der Waals surface area contributed by atoms with Crippen LogP contribution in [0.2, 0.25) is 0 Å². The third-order valence-electron chi connectivity index (χ3n) is 3.53. The number of hydrogen-bond donors (Lipinski definition) is 2. The van der Waals surface area contributed by atoms with Gasteiger partial charge < -0.3 is 16.0 Å². The Morgan fingerprint density at radius 2 is 2.21 bits per heavy atom. The van der Waals surface area contributed by atoms with Gasteiger partial charge in [-0.3, -0.25) is 4.79 Å². The van der Waals surface area contributed by atoms with Gasteiger partial charge in [-0.1, -0.05) is 6.92 Å². The van der Waals surface area contributed by atoms with Crippen molar-refractivity contribution in [3.63, 3.8) is 0 Å². The van der Waals surface area contributed by atoms with E-state index in [2.05, 4.69) is 17.1 Å². The minimum absolute atomic E-state index is 0.0949. The molecule has 104 valence electrons. The second-order valence-corrected chi connectivity index (χ2v) is 5.24. The number of rotatable bonds is 6. The number of nitrogens with two attached hydrogens (primary N) is 1. The molecule has 1 fully saturated rings. The van der Waals surface area contributed by atoms with Gasteiger partial charge in [0.15, 0.2) is 0 Å². The third-order valence-corrected chi connectivity index (χ3v) is 3.53. The largest absolute Gasteiger partial charge is 0.397 e. The molecule has 0 unspecified atom stereocenters. The fraction of sp³-hybridized carbons (Fsp3) is 0.533. The van der Waals surface area contributed by atoms with Crippen LogP contribution in [0, 0.1) is 5.92 Å². The first kappa shape index (κ1) is 13.7. The zero-order valence-corrected chi connectivity index (χ0v) is 11.8. The fourth-order valence-corrected chi connectivity index (χ4v) is 2.32. The van der Waals surface area contributed by atoms with E-state index in [1.165, 1.54) is 12.8 Å². The molecule has 1 aliphatic rings. The Kier molecular flexibility index (Phi) is 4.30. The first-order valence-corrected chi connectivity index (χ1v) is 7.02. The first-order valence-electron chi connectivity index (χ1n) is 7.02. The van der Waals surface area contributed by atoms with E-state index in [1.54, 1.807) is 13.1 Å². The topological polar surface area (TPSA) is 58.4 Å². The van der Waals surface area contributed by atoms with E-state index >= 15 is 0 Å². The molecule has 1 saturated carbocycles. The van der Waals surface area contributed by atoms with E-state index in [4.69, 9.17) is 5.73 Å². The zero-order chi connectivity index (χ0) is 13.8. The molecule has 0 aromatic heterocycles. The van der Waals surface area contributed by atoms with E-state index in [-0.39, 0.29) is 5.91 Å². The van der Waals surface area contributed by atoms with Gasteiger partial charge in [-0.2, -0.15) is 0 Å². The Morgan fingerprint density at radius 3 is 2.74 bits per heavy atom. The molecular formula is C15H23N3O. The Hall–Kier alpha value is -1.71. The Balaban J connectivity index is 2.18. The SMILES string of the molecule is CCCN(CC1CC1)c1ccc(C(=O)NC)cc1N. The first-order chi connectivity index (χ1) is 9.15. The molecule has 1 amide bonds. The maximum atomic E-state index is 11.6. The number of anilines is 2. The predicted molar refractivity (Wildman–Crippen MR) is 79.5 cm³/mol. The Morgan fingerprint density at radius 1 is 1.47 bits per heavy atom. The quantitative estimate of drug-likeness (QED) is 0.772. The van der Waals surface area contributed by atoms with Crippen LogP contribution in [-0.2, 0) is 0 Å². The minimum Gasteiger partial charge on any atom is -0.397 e. The lowest BCUT2D eigenvalue weighted by Crippen LogP contribution is -2.27. The average Bonchev–Trinajstić information content (AvgIpc) is 3.21. The van der Waals surface area contributed by atoms with Crippen LogP contribution in [0.3, 0.4) is 0 Å². The zero-order valence-electron chi connectivity index (χ0n) is 11.8. The molecule has 0 heterocycles. The number of nitrogens with zero attached hydrogens (tertiary/aromatic N) is 1. The number of benzene rings is 1. The second kappa shape index (κ2) is 5.95. The summed E-state index contributed by atoms with van der Waals surface area (Å²) in [5.41, 5.74) is 8.48. The fourth-order valence-electron chi connectivity index (χ4n) is 2.32. The molecule has 0 atom stereocenters. The summed E-state index contributed by atoms with van der Waals surface area (Å²) in [4.78, 5) is 13.9. The van der Waals surface area contributed by atoms with Gasteiger partial charge in [0.05, 0.1) is 11.4 Å². The van der Waals surface area contributed by atoms with Crippen molar-refractivity contribution in [2.45, 2.75) is 26.2 Å². The Labute approximate surface area is 115 Å². The molecule has 1 aliphatic carbocycles. The summed E-state index contributed by atoms with van der Waals surface area (Å²) in [5.74, 6) is 0.729. The van der Waals surface area contributed by atoms with Crippen LogP contribution < -0.4 is 16.0 Å². The van der Waals surface area contributed by atoms with Crippen molar-refractivity contribution in [1.82, 2.24) is 5.32 Å². The molecule has 1 aromatic carbocycles. The molecule has 0 bridgehead atoms. The molecule has 2 rings (SSSR count). The van der Waals surface area contributed by atoms with Crippen molar-refractivity contribution in [3.05, 3.63) is 23.8 Å². The summed E-state index contributed by atoms with van der Waals surface area (Å²) in [6.07, 6.45) is 3.76. The Bertz CT molecular complexity index is 455. The summed E-state index contributed by atoms with van der Waals surface area (Å²) in [5, 5.41) is 2.62. The highest BCUT2D eigenvalue weighted by molar-refractivity contribution is 5.96. The van der Waals surface area contributed by atoms with Gasteiger partial charge in [-0.05, 0) is 43.4 Å².